The number of halogens is 2. The van der Waals surface area contributed by atoms with Gasteiger partial charge < -0.3 is 15.4 Å². The van der Waals surface area contributed by atoms with Gasteiger partial charge in [-0.3, -0.25) is 4.79 Å². The Balaban J connectivity index is 1.86. The van der Waals surface area contributed by atoms with Crippen LogP contribution >= 0.6 is 15.9 Å². The lowest BCUT2D eigenvalue weighted by atomic mass is 10.2. The van der Waals surface area contributed by atoms with Gasteiger partial charge in [0.15, 0.2) is 0 Å². The van der Waals surface area contributed by atoms with Crippen molar-refractivity contribution in [1.29, 1.82) is 0 Å². The second-order valence-electron chi connectivity index (χ2n) is 4.03. The van der Waals surface area contributed by atoms with Crippen molar-refractivity contribution in [2.45, 2.75) is 12.6 Å². The van der Waals surface area contributed by atoms with Gasteiger partial charge in [0.05, 0.1) is 11.1 Å². The van der Waals surface area contributed by atoms with Crippen LogP contribution < -0.4 is 10.6 Å². The van der Waals surface area contributed by atoms with Crippen LogP contribution in [0.1, 0.15) is 5.56 Å². The SMILES string of the molecule is O=C(NCc1ccc(Br)c(F)c1)C1CNCCO1. The minimum atomic E-state index is -0.459. The first kappa shape index (κ1) is 13.5. The molecule has 1 atom stereocenters. The van der Waals surface area contributed by atoms with Crippen LogP contribution in [0.5, 0.6) is 0 Å². The summed E-state index contributed by atoms with van der Waals surface area (Å²) in [5.41, 5.74) is 0.716. The van der Waals surface area contributed by atoms with Crippen molar-refractivity contribution in [3.8, 4) is 0 Å². The monoisotopic (exact) mass is 316 g/mol. The highest BCUT2D eigenvalue weighted by Gasteiger charge is 2.21. The Hall–Kier alpha value is -0.980. The Labute approximate surface area is 113 Å². The molecule has 0 bridgehead atoms. The van der Waals surface area contributed by atoms with E-state index in [0.717, 1.165) is 6.54 Å². The molecule has 2 N–H and O–H groups in total. The minimum absolute atomic E-state index is 0.175. The first-order valence-corrected chi connectivity index (χ1v) is 6.50. The van der Waals surface area contributed by atoms with E-state index in [4.69, 9.17) is 4.74 Å². The quantitative estimate of drug-likeness (QED) is 0.881. The number of carbonyl (C=O) groups excluding carboxylic acids is 1. The van der Waals surface area contributed by atoms with Gasteiger partial charge >= 0.3 is 0 Å². The molecule has 1 heterocycles. The maximum Gasteiger partial charge on any atom is 0.250 e. The van der Waals surface area contributed by atoms with Gasteiger partial charge in [-0.15, -0.1) is 0 Å². The molecule has 2 rings (SSSR count). The van der Waals surface area contributed by atoms with Crippen LogP contribution in [0.25, 0.3) is 0 Å². The zero-order valence-corrected chi connectivity index (χ0v) is 11.3. The van der Waals surface area contributed by atoms with Gasteiger partial charge in [-0.05, 0) is 33.6 Å². The van der Waals surface area contributed by atoms with Gasteiger partial charge in [0, 0.05) is 19.6 Å². The molecule has 0 saturated carbocycles. The molecule has 1 saturated heterocycles. The summed E-state index contributed by atoms with van der Waals surface area (Å²) in [6, 6.07) is 4.77. The van der Waals surface area contributed by atoms with Crippen LogP contribution in [0.15, 0.2) is 22.7 Å². The molecule has 98 valence electrons. The number of benzene rings is 1. The third-order valence-electron chi connectivity index (χ3n) is 2.67. The van der Waals surface area contributed by atoms with Crippen LogP contribution in [0.3, 0.4) is 0 Å². The molecule has 0 radical (unpaired) electrons. The number of ether oxygens (including phenoxy) is 1. The molecule has 1 fully saturated rings. The predicted molar refractivity (Wildman–Crippen MR) is 68.6 cm³/mol. The Morgan fingerprint density at radius 2 is 2.44 bits per heavy atom. The molecular weight excluding hydrogens is 303 g/mol. The molecule has 1 aliphatic rings. The van der Waals surface area contributed by atoms with Crippen molar-refractivity contribution in [2.24, 2.45) is 0 Å². The minimum Gasteiger partial charge on any atom is -0.366 e. The van der Waals surface area contributed by atoms with Crippen LogP contribution in [-0.4, -0.2) is 31.7 Å². The van der Waals surface area contributed by atoms with Crippen LogP contribution in [0.4, 0.5) is 4.39 Å². The number of nitrogens with one attached hydrogen (secondary N) is 2. The van der Waals surface area contributed by atoms with Gasteiger partial charge in [0.25, 0.3) is 5.91 Å². The third-order valence-corrected chi connectivity index (χ3v) is 3.31. The zero-order chi connectivity index (χ0) is 13.0. The molecule has 0 aliphatic carbocycles. The Bertz CT molecular complexity index is 436. The highest BCUT2D eigenvalue weighted by Crippen LogP contribution is 2.16. The molecule has 1 aromatic carbocycles. The van der Waals surface area contributed by atoms with E-state index in [1.807, 2.05) is 0 Å². The molecule has 1 amide bonds. The number of rotatable bonds is 3. The maximum atomic E-state index is 13.3. The molecule has 0 aromatic heterocycles. The highest BCUT2D eigenvalue weighted by molar-refractivity contribution is 9.10. The van der Waals surface area contributed by atoms with Gasteiger partial charge in [0.1, 0.15) is 11.9 Å². The van der Waals surface area contributed by atoms with Crippen molar-refractivity contribution in [3.05, 3.63) is 34.1 Å². The summed E-state index contributed by atoms with van der Waals surface area (Å²) in [5, 5.41) is 5.81. The van der Waals surface area contributed by atoms with E-state index in [-0.39, 0.29) is 11.7 Å². The summed E-state index contributed by atoms with van der Waals surface area (Å²) >= 11 is 3.08. The largest absolute Gasteiger partial charge is 0.366 e. The number of hydrogen-bond acceptors (Lipinski definition) is 3. The number of morpholine rings is 1. The van der Waals surface area contributed by atoms with Crippen molar-refractivity contribution < 1.29 is 13.9 Å². The second kappa shape index (κ2) is 6.26. The third kappa shape index (κ3) is 3.51. The number of amides is 1. The first-order chi connectivity index (χ1) is 8.66. The Morgan fingerprint density at radius 1 is 1.61 bits per heavy atom. The number of hydrogen-bond donors (Lipinski definition) is 2. The van der Waals surface area contributed by atoms with E-state index in [9.17, 15) is 9.18 Å². The summed E-state index contributed by atoms with van der Waals surface area (Å²) in [4.78, 5) is 11.7. The van der Waals surface area contributed by atoms with Gasteiger partial charge in [0.2, 0.25) is 0 Å². The van der Waals surface area contributed by atoms with E-state index in [0.29, 0.717) is 29.7 Å². The first-order valence-electron chi connectivity index (χ1n) is 5.71. The summed E-state index contributed by atoms with van der Waals surface area (Å²) in [6.07, 6.45) is -0.459. The van der Waals surface area contributed by atoms with E-state index in [2.05, 4.69) is 26.6 Å². The van der Waals surface area contributed by atoms with Crippen molar-refractivity contribution in [1.82, 2.24) is 10.6 Å². The van der Waals surface area contributed by atoms with Crippen molar-refractivity contribution in [2.75, 3.05) is 19.7 Å². The van der Waals surface area contributed by atoms with Crippen LogP contribution in [0, 0.1) is 5.82 Å². The molecule has 1 aliphatic heterocycles. The fourth-order valence-corrected chi connectivity index (χ4v) is 1.93. The van der Waals surface area contributed by atoms with Crippen molar-refractivity contribution in [3.63, 3.8) is 0 Å². The standard InChI is InChI=1S/C12H14BrFN2O2/c13-9-2-1-8(5-10(9)14)6-16-12(17)11-7-15-3-4-18-11/h1-2,5,11,15H,3-4,6-7H2,(H,16,17). The molecule has 0 spiro atoms. The summed E-state index contributed by atoms with van der Waals surface area (Å²) < 4.78 is 19.0. The molecular formula is C12H14BrFN2O2. The topological polar surface area (TPSA) is 50.4 Å². The van der Waals surface area contributed by atoms with E-state index < -0.39 is 6.10 Å². The highest BCUT2D eigenvalue weighted by atomic mass is 79.9. The van der Waals surface area contributed by atoms with Gasteiger partial charge in [-0.25, -0.2) is 4.39 Å². The van der Waals surface area contributed by atoms with E-state index >= 15 is 0 Å². The summed E-state index contributed by atoms with van der Waals surface area (Å²) in [6.45, 7) is 2.11. The lowest BCUT2D eigenvalue weighted by Crippen LogP contribution is -2.47. The van der Waals surface area contributed by atoms with Gasteiger partial charge in [-0.2, -0.15) is 0 Å². The van der Waals surface area contributed by atoms with Crippen LogP contribution in [-0.2, 0) is 16.1 Å². The lowest BCUT2D eigenvalue weighted by Gasteiger charge is -2.22. The maximum absolute atomic E-state index is 13.3. The fourth-order valence-electron chi connectivity index (χ4n) is 1.69. The average Bonchev–Trinajstić information content (AvgIpc) is 2.41. The predicted octanol–water partition coefficient (Wildman–Crippen LogP) is 1.19. The molecule has 6 heteroatoms. The molecule has 18 heavy (non-hydrogen) atoms. The van der Waals surface area contributed by atoms with E-state index in [1.165, 1.54) is 6.07 Å². The van der Waals surface area contributed by atoms with Crippen molar-refractivity contribution >= 4 is 21.8 Å². The van der Waals surface area contributed by atoms with Gasteiger partial charge in [-0.1, -0.05) is 6.07 Å². The smallest absolute Gasteiger partial charge is 0.250 e. The zero-order valence-electron chi connectivity index (χ0n) is 9.71. The average molecular weight is 317 g/mol. The van der Waals surface area contributed by atoms with E-state index in [1.54, 1.807) is 12.1 Å². The second-order valence-corrected chi connectivity index (χ2v) is 4.88. The number of carbonyl (C=O) groups is 1. The van der Waals surface area contributed by atoms with Crippen LogP contribution in [0.2, 0.25) is 0 Å². The fraction of sp³-hybridized carbons (Fsp3) is 0.417. The summed E-state index contributed by atoms with van der Waals surface area (Å²) in [5.74, 6) is -0.511. The Kier molecular flexibility index (Phi) is 4.68. The summed E-state index contributed by atoms with van der Waals surface area (Å²) in [7, 11) is 0. The molecule has 1 aromatic rings. The lowest BCUT2D eigenvalue weighted by molar-refractivity contribution is -0.134. The molecule has 4 nitrogen and oxygen atoms in total. The molecule has 1 unspecified atom stereocenters. The normalized spacial score (nSPS) is 19.6. The Morgan fingerprint density at radius 3 is 3.11 bits per heavy atom.